The highest BCUT2D eigenvalue weighted by Crippen LogP contribution is 2.30. The van der Waals surface area contributed by atoms with Gasteiger partial charge in [0.1, 0.15) is 0 Å². The summed E-state index contributed by atoms with van der Waals surface area (Å²) in [6.07, 6.45) is -5.05. The van der Waals surface area contributed by atoms with Crippen molar-refractivity contribution in [2.75, 3.05) is 6.61 Å². The Morgan fingerprint density at radius 3 is 2.25 bits per heavy atom. The number of amides is 1. The Labute approximate surface area is 88.4 Å². The molecule has 0 spiro atoms. The van der Waals surface area contributed by atoms with Crippen LogP contribution in [0.1, 0.15) is 6.92 Å². The molecule has 0 aliphatic heterocycles. The van der Waals surface area contributed by atoms with Gasteiger partial charge in [-0.15, -0.1) is 0 Å². The molecule has 0 aromatic carbocycles. The number of carbonyl (C=O) groups excluding carboxylic acids is 2. The lowest BCUT2D eigenvalue weighted by Crippen LogP contribution is -2.46. The van der Waals surface area contributed by atoms with Crippen molar-refractivity contribution in [3.05, 3.63) is 0 Å². The molecule has 0 bridgehead atoms. The summed E-state index contributed by atoms with van der Waals surface area (Å²) in [6, 6.07) is -2.28. The van der Waals surface area contributed by atoms with E-state index in [4.69, 9.17) is 5.53 Å². The first-order valence-electron chi connectivity index (χ1n) is 4.14. The summed E-state index contributed by atoms with van der Waals surface area (Å²) in [4.78, 5) is 21.6. The summed E-state index contributed by atoms with van der Waals surface area (Å²) in [5.41, 5.74) is 11.0. The number of hydrogen-bond acceptors (Lipinski definition) is 5. The number of halogens is 3. The van der Waals surface area contributed by atoms with Crippen molar-refractivity contribution in [3.8, 4) is 0 Å². The van der Waals surface area contributed by atoms with E-state index in [9.17, 15) is 22.8 Å². The highest BCUT2D eigenvalue weighted by Gasteiger charge is 2.52. The number of primary amides is 1. The molecule has 92 valence electrons. The predicted octanol–water partition coefficient (Wildman–Crippen LogP) is 0.613. The number of hydrogen-bond donors (Lipinski definition) is 2. The van der Waals surface area contributed by atoms with E-state index in [1.54, 1.807) is 0 Å². The minimum absolute atomic E-state index is 0.186. The average molecular weight is 241 g/mol. The van der Waals surface area contributed by atoms with Crippen LogP contribution in [0.25, 0.3) is 0 Å². The monoisotopic (exact) mass is 241 g/mol. The van der Waals surface area contributed by atoms with Gasteiger partial charge in [0.05, 0.1) is 6.61 Å². The minimum Gasteiger partial charge on any atom is -0.464 e. The van der Waals surface area contributed by atoms with Crippen LogP contribution in [-0.4, -0.2) is 30.7 Å². The van der Waals surface area contributed by atoms with Gasteiger partial charge in [-0.1, -0.05) is 0 Å². The quantitative estimate of drug-likeness (QED) is 0.544. The average Bonchev–Trinajstić information content (AvgIpc) is 2.11. The molecule has 0 saturated carbocycles. The Morgan fingerprint density at radius 2 is 2.00 bits per heavy atom. The van der Waals surface area contributed by atoms with E-state index in [1.807, 2.05) is 0 Å². The lowest BCUT2D eigenvalue weighted by Gasteiger charge is -2.20. The second-order valence-electron chi connectivity index (χ2n) is 2.75. The van der Waals surface area contributed by atoms with E-state index in [0.717, 1.165) is 0 Å². The van der Waals surface area contributed by atoms with Crippen molar-refractivity contribution in [1.29, 1.82) is 5.53 Å². The predicted molar refractivity (Wildman–Crippen MR) is 44.3 cm³/mol. The summed E-state index contributed by atoms with van der Waals surface area (Å²) < 4.78 is 41.3. The van der Waals surface area contributed by atoms with Gasteiger partial charge in [-0.05, 0) is 6.92 Å². The number of carbonyl (C=O) groups is 2. The van der Waals surface area contributed by atoms with Crippen LogP contribution in [0.2, 0.25) is 0 Å². The SMILES string of the molecule is CCOC(=O)C(N=N)C(C(N)=O)C(F)(F)F. The third-order valence-electron chi connectivity index (χ3n) is 1.64. The van der Waals surface area contributed by atoms with Crippen LogP contribution in [0.3, 0.4) is 0 Å². The maximum Gasteiger partial charge on any atom is 0.403 e. The van der Waals surface area contributed by atoms with Crippen molar-refractivity contribution in [3.63, 3.8) is 0 Å². The van der Waals surface area contributed by atoms with Crippen molar-refractivity contribution >= 4 is 11.9 Å². The molecule has 2 unspecified atom stereocenters. The van der Waals surface area contributed by atoms with Gasteiger partial charge >= 0.3 is 12.1 Å². The normalized spacial score (nSPS) is 15.0. The van der Waals surface area contributed by atoms with Crippen LogP contribution < -0.4 is 5.73 Å². The molecule has 2 atom stereocenters. The maximum atomic E-state index is 12.4. The fourth-order valence-electron chi connectivity index (χ4n) is 0.987. The smallest absolute Gasteiger partial charge is 0.403 e. The highest BCUT2D eigenvalue weighted by atomic mass is 19.4. The number of rotatable bonds is 5. The summed E-state index contributed by atoms with van der Waals surface area (Å²) in [5, 5.41) is 2.45. The minimum atomic E-state index is -5.05. The van der Waals surface area contributed by atoms with Crippen LogP contribution >= 0.6 is 0 Å². The van der Waals surface area contributed by atoms with Gasteiger partial charge in [0.2, 0.25) is 5.91 Å². The highest BCUT2D eigenvalue weighted by molar-refractivity contribution is 5.87. The van der Waals surface area contributed by atoms with Gasteiger partial charge in [-0.2, -0.15) is 18.3 Å². The molecule has 0 aromatic rings. The number of esters is 1. The summed E-state index contributed by atoms with van der Waals surface area (Å²) in [6.45, 7) is 1.18. The lowest BCUT2D eigenvalue weighted by atomic mass is 9.99. The zero-order valence-corrected chi connectivity index (χ0v) is 8.25. The van der Waals surface area contributed by atoms with Crippen molar-refractivity contribution in [2.45, 2.75) is 19.1 Å². The first-order chi connectivity index (χ1) is 7.25. The standard InChI is InChI=1S/C7H10F3N3O3/c1-2-16-6(15)4(13-12)3(5(11)14)7(8,9)10/h3-4,12H,2H2,1H3,(H2,11,14). The third-order valence-corrected chi connectivity index (χ3v) is 1.64. The molecule has 0 aliphatic rings. The first-order valence-corrected chi connectivity index (χ1v) is 4.14. The number of nitrogens with zero attached hydrogens (tertiary/aromatic N) is 1. The molecular weight excluding hydrogens is 231 g/mol. The van der Waals surface area contributed by atoms with E-state index >= 15 is 0 Å². The number of ether oxygens (including phenoxy) is 1. The maximum absolute atomic E-state index is 12.4. The molecule has 6 nitrogen and oxygen atoms in total. The molecule has 1 amide bonds. The van der Waals surface area contributed by atoms with Crippen LogP contribution in [0.5, 0.6) is 0 Å². The molecule has 0 fully saturated rings. The Balaban J connectivity index is 5.09. The number of nitrogens with one attached hydrogen (secondary N) is 1. The van der Waals surface area contributed by atoms with Gasteiger partial charge in [0, 0.05) is 0 Å². The fraction of sp³-hybridized carbons (Fsp3) is 0.714. The zero-order chi connectivity index (χ0) is 12.9. The number of nitrogens with two attached hydrogens (primary N) is 1. The third kappa shape index (κ3) is 3.48. The molecule has 0 heterocycles. The van der Waals surface area contributed by atoms with Gasteiger partial charge in [-0.25, -0.2) is 10.3 Å². The van der Waals surface area contributed by atoms with E-state index in [1.165, 1.54) is 6.92 Å². The van der Waals surface area contributed by atoms with E-state index in [-0.39, 0.29) is 6.61 Å². The first kappa shape index (κ1) is 14.3. The van der Waals surface area contributed by atoms with Crippen LogP contribution in [-0.2, 0) is 14.3 Å². The zero-order valence-electron chi connectivity index (χ0n) is 8.25. The van der Waals surface area contributed by atoms with Crippen molar-refractivity contribution in [2.24, 2.45) is 16.8 Å². The van der Waals surface area contributed by atoms with E-state index in [2.05, 4.69) is 15.6 Å². The second kappa shape index (κ2) is 5.42. The summed E-state index contributed by atoms with van der Waals surface area (Å²) in [5.74, 6) is -6.02. The number of alkyl halides is 3. The molecule has 0 radical (unpaired) electrons. The van der Waals surface area contributed by atoms with E-state index < -0.39 is 30.0 Å². The topological polar surface area (TPSA) is 106 Å². The Hall–Kier alpha value is -1.67. The van der Waals surface area contributed by atoms with Gasteiger partial charge in [-0.3, -0.25) is 4.79 Å². The van der Waals surface area contributed by atoms with Gasteiger partial charge in [0.25, 0.3) is 0 Å². The largest absolute Gasteiger partial charge is 0.464 e. The van der Waals surface area contributed by atoms with Gasteiger partial charge < -0.3 is 10.5 Å². The molecular formula is C7H10F3N3O3. The van der Waals surface area contributed by atoms with Crippen LogP contribution in [0.15, 0.2) is 5.11 Å². The molecule has 0 rings (SSSR count). The molecule has 0 aliphatic carbocycles. The van der Waals surface area contributed by atoms with Crippen LogP contribution in [0, 0.1) is 11.4 Å². The molecule has 0 aromatic heterocycles. The Morgan fingerprint density at radius 1 is 1.50 bits per heavy atom. The van der Waals surface area contributed by atoms with Crippen molar-refractivity contribution < 1.29 is 27.5 Å². The Bertz CT molecular complexity index is 292. The molecule has 9 heteroatoms. The summed E-state index contributed by atoms with van der Waals surface area (Å²) in [7, 11) is 0. The lowest BCUT2D eigenvalue weighted by molar-refractivity contribution is -0.191. The van der Waals surface area contributed by atoms with E-state index in [0.29, 0.717) is 0 Å². The second-order valence-corrected chi connectivity index (χ2v) is 2.75. The molecule has 0 saturated heterocycles. The summed E-state index contributed by atoms with van der Waals surface area (Å²) >= 11 is 0. The molecule has 16 heavy (non-hydrogen) atoms. The fourth-order valence-corrected chi connectivity index (χ4v) is 0.987. The van der Waals surface area contributed by atoms with Crippen LogP contribution in [0.4, 0.5) is 13.2 Å². The molecule has 3 N–H and O–H groups in total. The van der Waals surface area contributed by atoms with Gasteiger partial charge in [0.15, 0.2) is 12.0 Å². The van der Waals surface area contributed by atoms with Crippen molar-refractivity contribution in [1.82, 2.24) is 0 Å². The Kier molecular flexibility index (Phi) is 4.86.